The molecule has 8 nitrogen and oxygen atoms in total. The number of anilines is 1. The number of fused-ring (bicyclic) bond motifs is 1. The maximum atomic E-state index is 12.7. The van der Waals surface area contributed by atoms with Crippen LogP contribution < -0.4 is 9.60 Å². The van der Waals surface area contributed by atoms with Crippen LogP contribution in [0.4, 0.5) is 5.69 Å². The van der Waals surface area contributed by atoms with E-state index in [0.29, 0.717) is 21.7 Å². The van der Waals surface area contributed by atoms with Crippen molar-refractivity contribution in [3.05, 3.63) is 58.5 Å². The van der Waals surface area contributed by atoms with Crippen molar-refractivity contribution in [2.45, 2.75) is 4.90 Å². The Morgan fingerprint density at radius 1 is 1.19 bits per heavy atom. The molecule has 132 valence electrons. The number of hydrogen-bond acceptors (Lipinski definition) is 6. The smallest absolute Gasteiger partial charge is 0.305 e. The first-order chi connectivity index (χ1) is 12.4. The minimum Gasteiger partial charge on any atom is -0.317 e. The Balaban J connectivity index is 1.69. The molecule has 2 heterocycles. The summed E-state index contributed by atoms with van der Waals surface area (Å²) in [7, 11) is -1.98. The van der Waals surface area contributed by atoms with E-state index in [4.69, 9.17) is 0 Å². The summed E-state index contributed by atoms with van der Waals surface area (Å²) in [4.78, 5) is 13.9. The van der Waals surface area contributed by atoms with E-state index in [0.717, 1.165) is 16.9 Å². The fourth-order valence-corrected chi connectivity index (χ4v) is 4.50. The number of nitrogens with zero attached hydrogens (tertiary/aromatic N) is 3. The van der Waals surface area contributed by atoms with E-state index < -0.39 is 10.0 Å². The third-order valence-electron chi connectivity index (χ3n) is 3.79. The molecular weight excluding hydrogens is 374 g/mol. The number of sulfonamides is 1. The van der Waals surface area contributed by atoms with Crippen LogP contribution in [0.15, 0.2) is 58.5 Å². The Morgan fingerprint density at radius 3 is 2.81 bits per heavy atom. The van der Waals surface area contributed by atoms with Crippen LogP contribution in [-0.2, 0) is 17.1 Å². The topological polar surface area (TPSA) is 110 Å². The van der Waals surface area contributed by atoms with Gasteiger partial charge >= 0.3 is 4.87 Å². The lowest BCUT2D eigenvalue weighted by Gasteiger charge is -2.09. The van der Waals surface area contributed by atoms with Crippen LogP contribution in [0, 0.1) is 0 Å². The Morgan fingerprint density at radius 2 is 2.04 bits per heavy atom. The Labute approximate surface area is 152 Å². The molecule has 2 aromatic heterocycles. The molecule has 0 amide bonds. The first-order valence-electron chi connectivity index (χ1n) is 7.52. The first-order valence-corrected chi connectivity index (χ1v) is 9.82. The highest BCUT2D eigenvalue weighted by atomic mass is 32.2. The molecule has 0 radical (unpaired) electrons. The maximum absolute atomic E-state index is 12.7. The maximum Gasteiger partial charge on any atom is 0.305 e. The zero-order chi connectivity index (χ0) is 18.3. The standard InChI is InChI=1S/C16H13N5O3S2/c1-21-9-17-19-15(21)10-3-2-4-11(7-10)20-26(23,24)12-5-6-13-14(8-12)25-16(22)18-13/h2-9,20H,1H3,(H,18,22). The summed E-state index contributed by atoms with van der Waals surface area (Å²) in [6.07, 6.45) is 1.57. The molecule has 0 spiro atoms. The van der Waals surface area contributed by atoms with Crippen molar-refractivity contribution >= 4 is 37.3 Å². The molecule has 0 unspecified atom stereocenters. The number of thiazole rings is 1. The summed E-state index contributed by atoms with van der Waals surface area (Å²) in [5, 5.41) is 7.85. The van der Waals surface area contributed by atoms with Crippen LogP contribution >= 0.6 is 11.3 Å². The van der Waals surface area contributed by atoms with Gasteiger partial charge in [0.2, 0.25) is 0 Å². The molecule has 10 heteroatoms. The fourth-order valence-electron chi connectivity index (χ4n) is 2.57. The number of aryl methyl sites for hydroxylation is 1. The van der Waals surface area contributed by atoms with Crippen molar-refractivity contribution < 1.29 is 8.42 Å². The number of aromatic nitrogens is 4. The summed E-state index contributed by atoms with van der Waals surface area (Å²) in [5.41, 5.74) is 1.76. The zero-order valence-corrected chi connectivity index (χ0v) is 15.1. The first kappa shape index (κ1) is 16.5. The molecule has 2 N–H and O–H groups in total. The Hall–Kier alpha value is -2.98. The second kappa shape index (κ2) is 6.07. The zero-order valence-electron chi connectivity index (χ0n) is 13.5. The van der Waals surface area contributed by atoms with Crippen molar-refractivity contribution in [2.24, 2.45) is 7.05 Å². The second-order valence-corrected chi connectivity index (χ2v) is 8.32. The highest BCUT2D eigenvalue weighted by Crippen LogP contribution is 2.24. The lowest BCUT2D eigenvalue weighted by atomic mass is 10.2. The average molecular weight is 387 g/mol. The van der Waals surface area contributed by atoms with E-state index >= 15 is 0 Å². The highest BCUT2D eigenvalue weighted by Gasteiger charge is 2.16. The van der Waals surface area contributed by atoms with Gasteiger partial charge in [-0.15, -0.1) is 10.2 Å². The molecule has 0 bridgehead atoms. The van der Waals surface area contributed by atoms with E-state index in [9.17, 15) is 13.2 Å². The van der Waals surface area contributed by atoms with Crippen molar-refractivity contribution in [2.75, 3.05) is 4.72 Å². The molecule has 0 aliphatic heterocycles. The molecule has 0 saturated heterocycles. The normalized spacial score (nSPS) is 11.7. The van der Waals surface area contributed by atoms with Crippen molar-refractivity contribution in [1.29, 1.82) is 0 Å². The van der Waals surface area contributed by atoms with E-state index in [1.807, 2.05) is 13.1 Å². The molecule has 0 atom stereocenters. The molecule has 0 fully saturated rings. The van der Waals surface area contributed by atoms with E-state index in [-0.39, 0.29) is 9.77 Å². The van der Waals surface area contributed by atoms with Gasteiger partial charge in [-0.05, 0) is 30.3 Å². The number of rotatable bonds is 4. The predicted octanol–water partition coefficient (Wildman–Crippen LogP) is 2.19. The van der Waals surface area contributed by atoms with Gasteiger partial charge in [0.1, 0.15) is 6.33 Å². The van der Waals surface area contributed by atoms with Crippen LogP contribution in [0.3, 0.4) is 0 Å². The van der Waals surface area contributed by atoms with Gasteiger partial charge in [-0.3, -0.25) is 9.52 Å². The average Bonchev–Trinajstić information content (AvgIpc) is 3.18. The third kappa shape index (κ3) is 3.00. The Kier molecular flexibility index (Phi) is 3.85. The molecule has 0 aliphatic rings. The SMILES string of the molecule is Cn1cnnc1-c1cccc(NS(=O)(=O)c2ccc3[nH]c(=O)sc3c2)c1. The molecule has 0 saturated carbocycles. The molecule has 4 rings (SSSR count). The summed E-state index contributed by atoms with van der Waals surface area (Å²) < 4.78 is 30.3. The lowest BCUT2D eigenvalue weighted by molar-refractivity contribution is 0.601. The van der Waals surface area contributed by atoms with Gasteiger partial charge in [0, 0.05) is 18.3 Å². The summed E-state index contributed by atoms with van der Waals surface area (Å²) >= 11 is 0.970. The highest BCUT2D eigenvalue weighted by molar-refractivity contribution is 7.92. The quantitative estimate of drug-likeness (QED) is 0.558. The number of aromatic amines is 1. The third-order valence-corrected chi connectivity index (χ3v) is 6.01. The van der Waals surface area contributed by atoms with Gasteiger partial charge < -0.3 is 9.55 Å². The summed E-state index contributed by atoms with van der Waals surface area (Å²) in [6, 6.07) is 11.4. The largest absolute Gasteiger partial charge is 0.317 e. The van der Waals surface area contributed by atoms with Crippen LogP contribution in [0.5, 0.6) is 0 Å². The minimum atomic E-state index is -3.79. The van der Waals surface area contributed by atoms with E-state index in [1.165, 1.54) is 12.1 Å². The monoisotopic (exact) mass is 387 g/mol. The Bertz CT molecular complexity index is 1270. The number of H-pyrrole nitrogens is 1. The van der Waals surface area contributed by atoms with Gasteiger partial charge in [-0.1, -0.05) is 23.5 Å². The molecular formula is C16H13N5O3S2. The van der Waals surface area contributed by atoms with Gasteiger partial charge in [-0.25, -0.2) is 8.42 Å². The number of benzene rings is 2. The predicted molar refractivity (Wildman–Crippen MR) is 99.7 cm³/mol. The summed E-state index contributed by atoms with van der Waals surface area (Å²) in [5.74, 6) is 0.629. The minimum absolute atomic E-state index is 0.0873. The molecule has 4 aromatic rings. The second-order valence-electron chi connectivity index (χ2n) is 5.62. The van der Waals surface area contributed by atoms with Gasteiger partial charge in [0.15, 0.2) is 5.82 Å². The molecule has 26 heavy (non-hydrogen) atoms. The van der Waals surface area contributed by atoms with E-state index in [1.54, 1.807) is 35.2 Å². The van der Waals surface area contributed by atoms with Crippen molar-refractivity contribution in [3.8, 4) is 11.4 Å². The van der Waals surface area contributed by atoms with Crippen LogP contribution in [-0.4, -0.2) is 28.2 Å². The summed E-state index contributed by atoms with van der Waals surface area (Å²) in [6.45, 7) is 0. The van der Waals surface area contributed by atoms with E-state index in [2.05, 4.69) is 19.9 Å². The van der Waals surface area contributed by atoms with Crippen molar-refractivity contribution in [1.82, 2.24) is 19.7 Å². The van der Waals surface area contributed by atoms with Crippen LogP contribution in [0.1, 0.15) is 0 Å². The lowest BCUT2D eigenvalue weighted by Crippen LogP contribution is -2.12. The van der Waals surface area contributed by atoms with Gasteiger partial charge in [-0.2, -0.15) is 0 Å². The van der Waals surface area contributed by atoms with Crippen LogP contribution in [0.25, 0.3) is 21.6 Å². The number of nitrogens with one attached hydrogen (secondary N) is 2. The van der Waals surface area contributed by atoms with Crippen molar-refractivity contribution in [3.63, 3.8) is 0 Å². The van der Waals surface area contributed by atoms with Gasteiger partial charge in [0.05, 0.1) is 15.1 Å². The fraction of sp³-hybridized carbons (Fsp3) is 0.0625. The molecule has 0 aliphatic carbocycles. The van der Waals surface area contributed by atoms with Crippen LogP contribution in [0.2, 0.25) is 0 Å². The molecule has 2 aromatic carbocycles. The number of hydrogen-bond donors (Lipinski definition) is 2. The van der Waals surface area contributed by atoms with Gasteiger partial charge in [0.25, 0.3) is 10.0 Å².